The third-order valence-corrected chi connectivity index (χ3v) is 1.59. The fourth-order valence-corrected chi connectivity index (χ4v) is 0.910. The van der Waals surface area contributed by atoms with Crippen LogP contribution in [0.25, 0.3) is 10.4 Å². The van der Waals surface area contributed by atoms with Crippen LogP contribution >= 0.6 is 0 Å². The summed E-state index contributed by atoms with van der Waals surface area (Å²) in [6.45, 7) is 0. The Labute approximate surface area is 92.0 Å². The van der Waals surface area contributed by atoms with E-state index in [1.807, 2.05) is 0 Å². The number of hydrogen-bond donors (Lipinski definition) is 0. The summed E-state index contributed by atoms with van der Waals surface area (Å²) in [5, 5.41) is 12.2. The zero-order valence-corrected chi connectivity index (χ0v) is 8.90. The summed E-state index contributed by atoms with van der Waals surface area (Å²) in [6, 6.07) is 6.29. The maximum Gasteiger partial charge on any atom is 0.249 e. The van der Waals surface area contributed by atoms with Gasteiger partial charge in [0.25, 0.3) is 0 Å². The predicted octanol–water partition coefficient (Wildman–Crippen LogP) is 2.70. The molecular weight excluding hydrogens is 208 g/mol. The Kier molecular flexibility index (Phi) is 3.99. The molecule has 0 radical (unpaired) electrons. The molecule has 0 bridgehead atoms. The SMILES string of the molecule is CN(C)N=Nc1ccc(C(=O)N=[N+]=[N-])cc1. The molecule has 0 N–H and O–H groups in total. The third kappa shape index (κ3) is 3.39. The first kappa shape index (κ1) is 11.7. The summed E-state index contributed by atoms with van der Waals surface area (Å²) < 4.78 is 0. The molecule has 82 valence electrons. The van der Waals surface area contributed by atoms with E-state index in [2.05, 4.69) is 20.4 Å². The van der Waals surface area contributed by atoms with Crippen LogP contribution in [0.15, 0.2) is 39.7 Å². The number of carbonyl (C=O) groups is 1. The van der Waals surface area contributed by atoms with Crippen LogP contribution in [0.1, 0.15) is 10.4 Å². The van der Waals surface area contributed by atoms with Crippen LogP contribution in [0, 0.1) is 0 Å². The number of azide groups is 1. The molecule has 0 aliphatic rings. The van der Waals surface area contributed by atoms with Crippen LogP contribution < -0.4 is 0 Å². The summed E-state index contributed by atoms with van der Waals surface area (Å²) in [5.41, 5.74) is 9.03. The number of amides is 1. The first-order valence-electron chi connectivity index (χ1n) is 4.42. The van der Waals surface area contributed by atoms with Gasteiger partial charge in [-0.3, -0.25) is 9.80 Å². The van der Waals surface area contributed by atoms with Gasteiger partial charge in [-0.15, -0.1) is 5.11 Å². The maximum atomic E-state index is 11.1. The average Bonchev–Trinajstić information content (AvgIpc) is 2.27. The maximum absolute atomic E-state index is 11.1. The second-order valence-electron chi connectivity index (χ2n) is 3.08. The van der Waals surface area contributed by atoms with Gasteiger partial charge in [-0.2, -0.15) is 0 Å². The fraction of sp³-hybridized carbons (Fsp3) is 0.222. The van der Waals surface area contributed by atoms with Crippen LogP contribution in [-0.2, 0) is 0 Å². The van der Waals surface area contributed by atoms with Gasteiger partial charge < -0.3 is 0 Å². The molecule has 0 atom stereocenters. The van der Waals surface area contributed by atoms with E-state index in [1.165, 1.54) is 12.1 Å². The van der Waals surface area contributed by atoms with E-state index in [9.17, 15) is 4.79 Å². The summed E-state index contributed by atoms with van der Waals surface area (Å²) in [4.78, 5) is 13.6. The van der Waals surface area contributed by atoms with Crippen LogP contribution in [0.3, 0.4) is 0 Å². The quantitative estimate of drug-likeness (QED) is 0.337. The molecule has 0 saturated carbocycles. The van der Waals surface area contributed by atoms with Gasteiger partial charge in [0.05, 0.1) is 5.69 Å². The lowest BCUT2D eigenvalue weighted by Crippen LogP contribution is -1.98. The van der Waals surface area contributed by atoms with Crippen molar-refractivity contribution in [1.29, 1.82) is 0 Å². The van der Waals surface area contributed by atoms with Crippen molar-refractivity contribution in [1.82, 2.24) is 5.01 Å². The first-order valence-corrected chi connectivity index (χ1v) is 4.42. The van der Waals surface area contributed by atoms with Crippen LogP contribution in [0.5, 0.6) is 0 Å². The van der Waals surface area contributed by atoms with Crippen molar-refractivity contribution in [3.8, 4) is 0 Å². The Morgan fingerprint density at radius 3 is 2.44 bits per heavy atom. The second kappa shape index (κ2) is 5.47. The Hall–Kier alpha value is -2.40. The van der Waals surface area contributed by atoms with Crippen molar-refractivity contribution in [3.63, 3.8) is 0 Å². The molecule has 1 aromatic carbocycles. The smallest absolute Gasteiger partial charge is 0.249 e. The molecule has 0 unspecified atom stereocenters. The minimum absolute atomic E-state index is 0.321. The lowest BCUT2D eigenvalue weighted by molar-refractivity contribution is 0.100. The number of nitrogens with zero attached hydrogens (tertiary/aromatic N) is 6. The molecule has 0 heterocycles. The minimum Gasteiger partial charge on any atom is -0.287 e. The van der Waals surface area contributed by atoms with Crippen molar-refractivity contribution in [2.24, 2.45) is 15.5 Å². The van der Waals surface area contributed by atoms with Gasteiger partial charge in [0.15, 0.2) is 0 Å². The highest BCUT2D eigenvalue weighted by Crippen LogP contribution is 2.14. The largest absolute Gasteiger partial charge is 0.287 e. The van der Waals surface area contributed by atoms with Crippen LogP contribution in [0.2, 0.25) is 0 Å². The highest BCUT2D eigenvalue weighted by Gasteiger charge is 2.01. The van der Waals surface area contributed by atoms with Crippen molar-refractivity contribution in [2.75, 3.05) is 14.1 Å². The highest BCUT2D eigenvalue weighted by atomic mass is 16.1. The number of rotatable bonds is 3. The molecule has 1 aromatic rings. The average molecular weight is 218 g/mol. The van der Waals surface area contributed by atoms with E-state index in [-0.39, 0.29) is 0 Å². The van der Waals surface area contributed by atoms with Gasteiger partial charge in [0.1, 0.15) is 0 Å². The van der Waals surface area contributed by atoms with Crippen molar-refractivity contribution in [2.45, 2.75) is 0 Å². The normalized spacial score (nSPS) is 9.88. The topological polar surface area (TPSA) is 93.8 Å². The zero-order valence-electron chi connectivity index (χ0n) is 8.90. The molecule has 1 rings (SSSR count). The number of benzene rings is 1. The molecule has 0 saturated heterocycles. The van der Waals surface area contributed by atoms with Crippen molar-refractivity contribution < 1.29 is 4.79 Å². The molecule has 0 aliphatic carbocycles. The van der Waals surface area contributed by atoms with Gasteiger partial charge in [-0.1, -0.05) is 5.22 Å². The lowest BCUT2D eigenvalue weighted by atomic mass is 10.2. The monoisotopic (exact) mass is 218 g/mol. The Morgan fingerprint density at radius 2 is 1.94 bits per heavy atom. The molecular formula is C9H10N6O. The molecule has 1 amide bonds. The predicted molar refractivity (Wildman–Crippen MR) is 58.1 cm³/mol. The molecule has 0 spiro atoms. The van der Waals surface area contributed by atoms with Crippen molar-refractivity contribution >= 4 is 11.6 Å². The lowest BCUT2D eigenvalue weighted by Gasteiger charge is -2.00. The van der Waals surface area contributed by atoms with E-state index in [1.54, 1.807) is 31.2 Å². The zero-order chi connectivity index (χ0) is 12.0. The second-order valence-corrected chi connectivity index (χ2v) is 3.08. The molecule has 0 aliphatic heterocycles. The number of carbonyl (C=O) groups excluding carboxylic acids is 1. The van der Waals surface area contributed by atoms with E-state index in [0.29, 0.717) is 11.3 Å². The van der Waals surface area contributed by atoms with Gasteiger partial charge in [-0.25, -0.2) is 0 Å². The minimum atomic E-state index is -0.612. The van der Waals surface area contributed by atoms with E-state index < -0.39 is 5.91 Å². The Morgan fingerprint density at radius 1 is 1.31 bits per heavy atom. The van der Waals surface area contributed by atoms with Gasteiger partial charge in [-0.05, 0) is 34.9 Å². The van der Waals surface area contributed by atoms with E-state index in [4.69, 9.17) is 5.53 Å². The molecule has 7 heteroatoms. The fourth-order valence-electron chi connectivity index (χ4n) is 0.910. The number of hydrogen-bond acceptors (Lipinski definition) is 3. The van der Waals surface area contributed by atoms with E-state index >= 15 is 0 Å². The van der Waals surface area contributed by atoms with Gasteiger partial charge >= 0.3 is 0 Å². The summed E-state index contributed by atoms with van der Waals surface area (Å²) in [6.07, 6.45) is 0. The molecule has 0 aromatic heterocycles. The molecule has 7 nitrogen and oxygen atoms in total. The van der Waals surface area contributed by atoms with Gasteiger partial charge in [0, 0.05) is 24.6 Å². The Bertz CT molecular complexity index is 444. The molecule has 0 fully saturated rings. The Balaban J connectivity index is 2.83. The standard InChI is InChI=1S/C9H10N6O/c1-15(2)14-11-8-5-3-7(4-6-8)9(16)12-13-10/h3-6H,1-2H3. The first-order chi connectivity index (χ1) is 7.63. The third-order valence-electron chi connectivity index (χ3n) is 1.59. The van der Waals surface area contributed by atoms with Crippen LogP contribution in [0.4, 0.5) is 5.69 Å². The van der Waals surface area contributed by atoms with Gasteiger partial charge in [0.2, 0.25) is 5.91 Å². The van der Waals surface area contributed by atoms with Crippen molar-refractivity contribution in [3.05, 3.63) is 40.3 Å². The summed E-state index contributed by atoms with van der Waals surface area (Å²) in [5.74, 6) is -0.612. The van der Waals surface area contributed by atoms with Crippen LogP contribution in [-0.4, -0.2) is 25.0 Å². The molecule has 16 heavy (non-hydrogen) atoms. The highest BCUT2D eigenvalue weighted by molar-refractivity contribution is 5.95. The summed E-state index contributed by atoms with van der Waals surface area (Å²) >= 11 is 0. The summed E-state index contributed by atoms with van der Waals surface area (Å²) in [7, 11) is 3.51. The van der Waals surface area contributed by atoms with E-state index in [0.717, 1.165) is 0 Å².